The van der Waals surface area contributed by atoms with E-state index in [1.165, 1.54) is 5.56 Å². The van der Waals surface area contributed by atoms with Crippen molar-refractivity contribution in [3.05, 3.63) is 54.2 Å². The minimum atomic E-state index is -0.379. The molecule has 1 N–H and O–H groups in total. The van der Waals surface area contributed by atoms with Crippen molar-refractivity contribution in [2.75, 3.05) is 39.4 Å². The third-order valence-corrected chi connectivity index (χ3v) is 5.92. The summed E-state index contributed by atoms with van der Waals surface area (Å²) < 4.78 is 13.2. The van der Waals surface area contributed by atoms with Gasteiger partial charge in [-0.1, -0.05) is 29.4 Å². The van der Waals surface area contributed by atoms with E-state index in [2.05, 4.69) is 44.7 Å². The van der Waals surface area contributed by atoms with E-state index in [1.807, 2.05) is 16.9 Å². The predicted octanol–water partition coefficient (Wildman–Crippen LogP) is 2.31. The minimum absolute atomic E-state index is 0. The second-order valence-corrected chi connectivity index (χ2v) is 7.74. The SMILES string of the molecule is Cl.c1cnn(C2(c3nc(-c4ccc(CN5CCOCC5)cc4)no3)CCNCC2)c1. The van der Waals surface area contributed by atoms with Gasteiger partial charge in [-0.3, -0.25) is 9.58 Å². The van der Waals surface area contributed by atoms with Gasteiger partial charge in [-0.15, -0.1) is 12.4 Å². The molecule has 2 aromatic heterocycles. The van der Waals surface area contributed by atoms with E-state index in [-0.39, 0.29) is 17.9 Å². The zero-order chi connectivity index (χ0) is 19.5. The number of morpholine rings is 1. The molecule has 1 aromatic carbocycles. The van der Waals surface area contributed by atoms with Crippen LogP contribution in [0.25, 0.3) is 11.4 Å². The van der Waals surface area contributed by atoms with Crippen molar-refractivity contribution in [1.82, 2.24) is 30.1 Å². The van der Waals surface area contributed by atoms with Gasteiger partial charge in [0.1, 0.15) is 5.54 Å². The van der Waals surface area contributed by atoms with Crippen LogP contribution >= 0.6 is 12.4 Å². The molecule has 160 valence electrons. The van der Waals surface area contributed by atoms with Crippen molar-refractivity contribution in [3.8, 4) is 11.4 Å². The van der Waals surface area contributed by atoms with Gasteiger partial charge in [0.2, 0.25) is 5.82 Å². The first kappa shape index (κ1) is 21.0. The van der Waals surface area contributed by atoms with Crippen LogP contribution in [0.1, 0.15) is 24.3 Å². The fourth-order valence-corrected chi connectivity index (χ4v) is 4.21. The van der Waals surface area contributed by atoms with E-state index in [0.717, 1.165) is 64.3 Å². The van der Waals surface area contributed by atoms with E-state index in [4.69, 9.17) is 14.2 Å². The maximum absolute atomic E-state index is 5.77. The molecule has 2 aliphatic heterocycles. The Morgan fingerprint density at radius 3 is 2.53 bits per heavy atom. The van der Waals surface area contributed by atoms with Crippen LogP contribution in [0.3, 0.4) is 0 Å². The molecule has 0 unspecified atom stereocenters. The Kier molecular flexibility index (Phi) is 6.48. The Bertz CT molecular complexity index is 915. The lowest BCUT2D eigenvalue weighted by molar-refractivity contribution is 0.0342. The van der Waals surface area contributed by atoms with Crippen LogP contribution in [-0.2, 0) is 16.8 Å². The number of nitrogens with one attached hydrogen (secondary N) is 1. The maximum atomic E-state index is 5.77. The molecule has 8 nitrogen and oxygen atoms in total. The number of piperidine rings is 1. The smallest absolute Gasteiger partial charge is 0.255 e. The minimum Gasteiger partial charge on any atom is -0.379 e. The summed E-state index contributed by atoms with van der Waals surface area (Å²) in [4.78, 5) is 7.20. The molecule has 0 radical (unpaired) electrons. The quantitative estimate of drug-likeness (QED) is 0.665. The number of halogens is 1. The molecule has 2 saturated heterocycles. The summed E-state index contributed by atoms with van der Waals surface area (Å²) in [6.07, 6.45) is 5.52. The van der Waals surface area contributed by atoms with Crippen molar-refractivity contribution in [2.24, 2.45) is 0 Å². The van der Waals surface area contributed by atoms with Crippen LogP contribution in [0.5, 0.6) is 0 Å². The average molecular weight is 431 g/mol. The van der Waals surface area contributed by atoms with Crippen LogP contribution in [0.2, 0.25) is 0 Å². The van der Waals surface area contributed by atoms with Crippen LogP contribution < -0.4 is 5.32 Å². The lowest BCUT2D eigenvalue weighted by Gasteiger charge is -2.34. The molecule has 2 aliphatic rings. The molecule has 3 aromatic rings. The number of rotatable bonds is 5. The number of ether oxygens (including phenoxy) is 1. The first-order valence-electron chi connectivity index (χ1n) is 10.3. The second kappa shape index (κ2) is 9.26. The number of hydrogen-bond donors (Lipinski definition) is 1. The monoisotopic (exact) mass is 430 g/mol. The first-order valence-corrected chi connectivity index (χ1v) is 10.3. The fraction of sp³-hybridized carbons (Fsp3) is 0.476. The van der Waals surface area contributed by atoms with E-state index in [0.29, 0.717) is 11.7 Å². The first-order chi connectivity index (χ1) is 14.3. The van der Waals surface area contributed by atoms with Gasteiger partial charge in [0.25, 0.3) is 5.89 Å². The summed E-state index contributed by atoms with van der Waals surface area (Å²) in [6, 6.07) is 10.4. The molecule has 4 heterocycles. The highest BCUT2D eigenvalue weighted by Crippen LogP contribution is 2.34. The van der Waals surface area contributed by atoms with Gasteiger partial charge in [-0.2, -0.15) is 10.1 Å². The van der Waals surface area contributed by atoms with Crippen molar-refractivity contribution in [1.29, 1.82) is 0 Å². The Labute approximate surface area is 182 Å². The standard InChI is InChI=1S/C21H26N6O2.ClH/c1-8-23-27(11-1)21(6-9-22-10-7-21)20-24-19(25-29-20)18-4-2-17(3-5-18)16-26-12-14-28-15-13-26;/h1-5,8,11,22H,6-7,9-10,12-16H2;1H. The van der Waals surface area contributed by atoms with E-state index in [1.54, 1.807) is 6.20 Å². The van der Waals surface area contributed by atoms with Gasteiger partial charge in [0.15, 0.2) is 0 Å². The third-order valence-electron chi connectivity index (χ3n) is 5.92. The third kappa shape index (κ3) is 4.13. The Morgan fingerprint density at radius 1 is 1.07 bits per heavy atom. The Morgan fingerprint density at radius 2 is 1.83 bits per heavy atom. The molecule has 0 aliphatic carbocycles. The summed E-state index contributed by atoms with van der Waals surface area (Å²) in [7, 11) is 0. The summed E-state index contributed by atoms with van der Waals surface area (Å²) in [5, 5.41) is 12.2. The van der Waals surface area contributed by atoms with Gasteiger partial charge >= 0.3 is 0 Å². The van der Waals surface area contributed by atoms with Gasteiger partial charge in [-0.05, 0) is 37.6 Å². The van der Waals surface area contributed by atoms with Crippen LogP contribution in [0.4, 0.5) is 0 Å². The van der Waals surface area contributed by atoms with E-state index < -0.39 is 0 Å². The Hall–Kier alpha value is -2.26. The Balaban J connectivity index is 0.00000218. The van der Waals surface area contributed by atoms with E-state index in [9.17, 15) is 0 Å². The number of benzene rings is 1. The van der Waals surface area contributed by atoms with Crippen LogP contribution in [-0.4, -0.2) is 64.2 Å². The molecule has 0 spiro atoms. The highest BCUT2D eigenvalue weighted by molar-refractivity contribution is 5.85. The molecule has 0 bridgehead atoms. The van der Waals surface area contributed by atoms with Gasteiger partial charge < -0.3 is 14.6 Å². The largest absolute Gasteiger partial charge is 0.379 e. The molecular weight excluding hydrogens is 404 g/mol. The van der Waals surface area contributed by atoms with Crippen molar-refractivity contribution < 1.29 is 9.26 Å². The molecule has 0 amide bonds. The lowest BCUT2D eigenvalue weighted by atomic mass is 9.88. The maximum Gasteiger partial charge on any atom is 0.255 e. The molecular formula is C21H27ClN6O2. The highest BCUT2D eigenvalue weighted by atomic mass is 35.5. The molecule has 9 heteroatoms. The zero-order valence-electron chi connectivity index (χ0n) is 16.9. The molecule has 0 saturated carbocycles. The topological polar surface area (TPSA) is 81.2 Å². The average Bonchev–Trinajstić information content (AvgIpc) is 3.49. The normalized spacial score (nSPS) is 19.3. The van der Waals surface area contributed by atoms with Crippen molar-refractivity contribution >= 4 is 12.4 Å². The summed E-state index contributed by atoms with van der Waals surface area (Å²) in [5.74, 6) is 1.26. The van der Waals surface area contributed by atoms with Gasteiger partial charge in [0.05, 0.1) is 13.2 Å². The van der Waals surface area contributed by atoms with Crippen LogP contribution in [0, 0.1) is 0 Å². The fourth-order valence-electron chi connectivity index (χ4n) is 4.21. The highest BCUT2D eigenvalue weighted by Gasteiger charge is 2.41. The van der Waals surface area contributed by atoms with Gasteiger partial charge in [0, 0.05) is 37.6 Å². The summed E-state index contributed by atoms with van der Waals surface area (Å²) in [6.45, 7) is 6.34. The van der Waals surface area contributed by atoms with E-state index >= 15 is 0 Å². The number of nitrogens with zero attached hydrogens (tertiary/aromatic N) is 5. The molecule has 30 heavy (non-hydrogen) atoms. The lowest BCUT2D eigenvalue weighted by Crippen LogP contribution is -2.45. The zero-order valence-corrected chi connectivity index (χ0v) is 17.7. The molecule has 0 atom stereocenters. The molecule has 2 fully saturated rings. The summed E-state index contributed by atoms with van der Waals surface area (Å²) >= 11 is 0. The predicted molar refractivity (Wildman–Crippen MR) is 114 cm³/mol. The second-order valence-electron chi connectivity index (χ2n) is 7.74. The van der Waals surface area contributed by atoms with Gasteiger partial charge in [-0.25, -0.2) is 0 Å². The van der Waals surface area contributed by atoms with Crippen molar-refractivity contribution in [3.63, 3.8) is 0 Å². The molecule has 5 rings (SSSR count). The van der Waals surface area contributed by atoms with Crippen LogP contribution in [0.15, 0.2) is 47.2 Å². The number of hydrogen-bond acceptors (Lipinski definition) is 7. The van der Waals surface area contributed by atoms with Crippen molar-refractivity contribution in [2.45, 2.75) is 24.9 Å². The summed E-state index contributed by atoms with van der Waals surface area (Å²) in [5.41, 5.74) is 1.87. The number of aromatic nitrogens is 4.